The molecule has 0 spiro atoms. The maximum atomic E-state index is 6.64. The number of aromatic nitrogens is 1. The number of aryl methyl sites for hydroxylation is 2. The molecule has 0 atom stereocenters. The van der Waals surface area contributed by atoms with E-state index in [1.165, 1.54) is 47.1 Å². The molecule has 0 unspecified atom stereocenters. The van der Waals surface area contributed by atoms with Crippen molar-refractivity contribution < 1.29 is 4.74 Å². The maximum Gasteiger partial charge on any atom is 0.119 e. The van der Waals surface area contributed by atoms with Crippen molar-refractivity contribution in [2.45, 2.75) is 58.5 Å². The Balaban J connectivity index is 1.23. The predicted molar refractivity (Wildman–Crippen MR) is 149 cm³/mol. The second-order valence-corrected chi connectivity index (χ2v) is 10.9. The number of nitrogens with zero attached hydrogens (tertiary/aromatic N) is 3. The van der Waals surface area contributed by atoms with Crippen LogP contribution in [0.3, 0.4) is 0 Å². The molecule has 0 bridgehead atoms. The summed E-state index contributed by atoms with van der Waals surface area (Å²) in [6, 6.07) is 15.4. The first kappa shape index (κ1) is 25.3. The van der Waals surface area contributed by atoms with Crippen LogP contribution >= 0.6 is 11.6 Å². The SMILES string of the molecule is CCc1cc(C)cc(Cl)c1CN1CCN(Cc2ccnc(-c3cc(OC)cc(C4CCC4)c3)c2)CC1. The Bertz CT molecular complexity index is 1200. The van der Waals surface area contributed by atoms with E-state index >= 15 is 0 Å². The predicted octanol–water partition coefficient (Wildman–Crippen LogP) is 6.87. The summed E-state index contributed by atoms with van der Waals surface area (Å²) in [6.07, 6.45) is 6.87. The normalized spacial score (nSPS) is 17.2. The minimum atomic E-state index is 0.668. The largest absolute Gasteiger partial charge is 0.497 e. The second-order valence-electron chi connectivity index (χ2n) is 10.5. The summed E-state index contributed by atoms with van der Waals surface area (Å²) in [4.78, 5) is 9.82. The molecule has 36 heavy (non-hydrogen) atoms. The van der Waals surface area contributed by atoms with Gasteiger partial charge >= 0.3 is 0 Å². The van der Waals surface area contributed by atoms with E-state index in [4.69, 9.17) is 21.3 Å². The lowest BCUT2D eigenvalue weighted by atomic mass is 9.79. The Kier molecular flexibility index (Phi) is 7.95. The van der Waals surface area contributed by atoms with Gasteiger partial charge in [0.15, 0.2) is 0 Å². The van der Waals surface area contributed by atoms with Crippen molar-refractivity contribution in [3.05, 3.63) is 81.5 Å². The summed E-state index contributed by atoms with van der Waals surface area (Å²) < 4.78 is 5.62. The average molecular weight is 504 g/mol. The summed E-state index contributed by atoms with van der Waals surface area (Å²) in [5.41, 5.74) is 8.82. The molecule has 2 heterocycles. The number of piperazine rings is 1. The molecule has 190 valence electrons. The van der Waals surface area contributed by atoms with Gasteiger partial charge in [-0.25, -0.2) is 0 Å². The van der Waals surface area contributed by atoms with Crippen LogP contribution in [0.1, 0.15) is 59.9 Å². The van der Waals surface area contributed by atoms with Crippen molar-refractivity contribution in [2.75, 3.05) is 33.3 Å². The molecule has 1 saturated carbocycles. The first-order valence-electron chi connectivity index (χ1n) is 13.4. The number of hydrogen-bond donors (Lipinski definition) is 0. The quantitative estimate of drug-likeness (QED) is 0.335. The van der Waals surface area contributed by atoms with Gasteiger partial charge in [0.25, 0.3) is 0 Å². The molecular weight excluding hydrogens is 466 g/mol. The van der Waals surface area contributed by atoms with Crippen LogP contribution in [-0.2, 0) is 19.5 Å². The van der Waals surface area contributed by atoms with Crippen LogP contribution in [-0.4, -0.2) is 48.1 Å². The number of ether oxygens (including phenoxy) is 1. The minimum absolute atomic E-state index is 0.668. The molecular formula is C31H38ClN3O. The van der Waals surface area contributed by atoms with Gasteiger partial charge in [-0.1, -0.05) is 31.0 Å². The third kappa shape index (κ3) is 5.77. The molecule has 0 radical (unpaired) electrons. The Morgan fingerprint density at radius 1 is 0.972 bits per heavy atom. The van der Waals surface area contributed by atoms with Crippen molar-refractivity contribution in [1.82, 2.24) is 14.8 Å². The van der Waals surface area contributed by atoms with E-state index in [1.807, 2.05) is 6.20 Å². The van der Waals surface area contributed by atoms with Crippen LogP contribution in [0.4, 0.5) is 0 Å². The molecule has 5 heteroatoms. The van der Waals surface area contributed by atoms with E-state index in [9.17, 15) is 0 Å². The standard InChI is InChI=1S/C31H38ClN3O/c1-4-24-14-22(2)15-30(32)29(24)21-35-12-10-34(11-13-35)20-23-8-9-33-31(16-23)27-17-26(25-6-5-7-25)18-28(19-27)36-3/h8-9,14-19,25H,4-7,10-13,20-21H2,1-3H3. The fraction of sp³-hybridized carbons (Fsp3) is 0.452. The fourth-order valence-corrected chi connectivity index (χ4v) is 5.87. The number of halogens is 1. The summed E-state index contributed by atoms with van der Waals surface area (Å²) in [6.45, 7) is 10.5. The molecule has 4 nitrogen and oxygen atoms in total. The first-order chi connectivity index (χ1) is 17.5. The maximum absolute atomic E-state index is 6.64. The van der Waals surface area contributed by atoms with E-state index in [0.29, 0.717) is 5.92 Å². The molecule has 1 aromatic heterocycles. The highest BCUT2D eigenvalue weighted by atomic mass is 35.5. The van der Waals surface area contributed by atoms with E-state index in [-0.39, 0.29) is 0 Å². The molecule has 2 fully saturated rings. The Hall–Kier alpha value is -2.40. The van der Waals surface area contributed by atoms with E-state index in [2.05, 4.69) is 66.1 Å². The Morgan fingerprint density at radius 2 is 1.72 bits per heavy atom. The zero-order valence-electron chi connectivity index (χ0n) is 21.9. The monoisotopic (exact) mass is 503 g/mol. The number of rotatable bonds is 8. The minimum Gasteiger partial charge on any atom is -0.497 e. The van der Waals surface area contributed by atoms with Crippen LogP contribution < -0.4 is 4.74 Å². The van der Waals surface area contributed by atoms with Crippen molar-refractivity contribution in [1.29, 1.82) is 0 Å². The summed E-state index contributed by atoms with van der Waals surface area (Å²) in [7, 11) is 1.75. The zero-order valence-corrected chi connectivity index (χ0v) is 22.7. The summed E-state index contributed by atoms with van der Waals surface area (Å²) in [5.74, 6) is 1.60. The van der Waals surface area contributed by atoms with Gasteiger partial charge in [0, 0.05) is 56.1 Å². The summed E-state index contributed by atoms with van der Waals surface area (Å²) >= 11 is 6.64. The molecule has 1 aliphatic heterocycles. The molecule has 2 aromatic carbocycles. The third-order valence-corrected chi connectivity index (χ3v) is 8.26. The van der Waals surface area contributed by atoms with Crippen molar-refractivity contribution in [2.24, 2.45) is 0 Å². The Morgan fingerprint density at radius 3 is 2.39 bits per heavy atom. The van der Waals surface area contributed by atoms with Gasteiger partial charge in [0.05, 0.1) is 12.8 Å². The molecule has 0 N–H and O–H groups in total. The van der Waals surface area contributed by atoms with Gasteiger partial charge < -0.3 is 4.74 Å². The van der Waals surface area contributed by atoms with E-state index in [0.717, 1.165) is 67.7 Å². The lowest BCUT2D eigenvalue weighted by Gasteiger charge is -2.35. The van der Waals surface area contributed by atoms with Gasteiger partial charge in [-0.3, -0.25) is 14.8 Å². The van der Waals surface area contributed by atoms with Gasteiger partial charge in [-0.15, -0.1) is 0 Å². The number of hydrogen-bond acceptors (Lipinski definition) is 4. The molecule has 1 saturated heterocycles. The number of benzene rings is 2. The highest BCUT2D eigenvalue weighted by molar-refractivity contribution is 6.31. The van der Waals surface area contributed by atoms with Gasteiger partial charge in [0.1, 0.15) is 5.75 Å². The van der Waals surface area contributed by atoms with Crippen LogP contribution in [0, 0.1) is 6.92 Å². The Labute approximate surface area is 221 Å². The number of methoxy groups -OCH3 is 1. The molecule has 1 aliphatic carbocycles. The smallest absolute Gasteiger partial charge is 0.119 e. The number of pyridine rings is 1. The third-order valence-electron chi connectivity index (χ3n) is 7.93. The average Bonchev–Trinajstić information content (AvgIpc) is 2.85. The van der Waals surface area contributed by atoms with Crippen LogP contribution in [0.2, 0.25) is 5.02 Å². The summed E-state index contributed by atoms with van der Waals surface area (Å²) in [5, 5.41) is 0.914. The van der Waals surface area contributed by atoms with Gasteiger partial charge in [0.2, 0.25) is 0 Å². The van der Waals surface area contributed by atoms with Crippen LogP contribution in [0.15, 0.2) is 48.7 Å². The van der Waals surface area contributed by atoms with Gasteiger partial charge in [-0.2, -0.15) is 0 Å². The van der Waals surface area contributed by atoms with Gasteiger partial charge in [-0.05, 0) is 96.3 Å². The molecule has 0 amide bonds. The van der Waals surface area contributed by atoms with Crippen molar-refractivity contribution in [3.63, 3.8) is 0 Å². The highest BCUT2D eigenvalue weighted by Crippen LogP contribution is 2.39. The van der Waals surface area contributed by atoms with Crippen molar-refractivity contribution in [3.8, 4) is 17.0 Å². The first-order valence-corrected chi connectivity index (χ1v) is 13.8. The molecule has 5 rings (SSSR count). The van der Waals surface area contributed by atoms with Crippen LogP contribution in [0.25, 0.3) is 11.3 Å². The lowest BCUT2D eigenvalue weighted by Crippen LogP contribution is -2.45. The zero-order chi connectivity index (χ0) is 25.1. The topological polar surface area (TPSA) is 28.6 Å². The van der Waals surface area contributed by atoms with E-state index in [1.54, 1.807) is 7.11 Å². The molecule has 2 aliphatic rings. The second kappa shape index (κ2) is 11.3. The highest BCUT2D eigenvalue weighted by Gasteiger charge is 2.22. The fourth-order valence-electron chi connectivity index (χ4n) is 5.52. The molecule has 3 aromatic rings. The van der Waals surface area contributed by atoms with Crippen molar-refractivity contribution >= 4 is 11.6 Å². The van der Waals surface area contributed by atoms with E-state index < -0.39 is 0 Å². The lowest BCUT2D eigenvalue weighted by molar-refractivity contribution is 0.122. The van der Waals surface area contributed by atoms with Crippen LogP contribution in [0.5, 0.6) is 5.75 Å².